The van der Waals surface area contributed by atoms with Crippen molar-refractivity contribution in [2.75, 3.05) is 18.6 Å². The van der Waals surface area contributed by atoms with Gasteiger partial charge in [0.15, 0.2) is 0 Å². The number of methoxy groups -OCH3 is 1. The van der Waals surface area contributed by atoms with Crippen molar-refractivity contribution in [3.8, 4) is 0 Å². The molecule has 4 nitrogen and oxygen atoms in total. The summed E-state index contributed by atoms with van der Waals surface area (Å²) in [5.41, 5.74) is 6.31. The molecule has 0 amide bonds. The van der Waals surface area contributed by atoms with Crippen molar-refractivity contribution in [1.29, 1.82) is 0 Å². The summed E-state index contributed by atoms with van der Waals surface area (Å²) < 4.78 is 4.52. The lowest BCUT2D eigenvalue weighted by atomic mass is 10.4. The van der Waals surface area contributed by atoms with E-state index in [0.29, 0.717) is 17.9 Å². The average Bonchev–Trinajstić information content (AvgIpc) is 2.20. The van der Waals surface area contributed by atoms with Crippen LogP contribution in [0.1, 0.15) is 6.42 Å². The summed E-state index contributed by atoms with van der Waals surface area (Å²) in [5, 5.41) is 0. The van der Waals surface area contributed by atoms with Gasteiger partial charge < -0.3 is 10.5 Å². The number of carbonyl (C=O) groups excluding carboxylic acids is 1. The first-order chi connectivity index (χ1) is 6.74. The van der Waals surface area contributed by atoms with Crippen LogP contribution in [0.5, 0.6) is 0 Å². The van der Waals surface area contributed by atoms with Crippen LogP contribution in [0.3, 0.4) is 0 Å². The number of pyridine rings is 1. The number of nitrogens with zero attached hydrogens (tertiary/aromatic N) is 1. The number of ether oxygens (including phenoxy) is 1. The molecule has 1 heterocycles. The molecule has 1 aromatic heterocycles. The second-order valence-electron chi connectivity index (χ2n) is 2.59. The molecule has 0 spiro atoms. The molecule has 1 aromatic rings. The number of rotatable bonds is 4. The fourth-order valence-corrected chi connectivity index (χ4v) is 1.74. The lowest BCUT2D eigenvalue weighted by Crippen LogP contribution is -2.01. The van der Waals surface area contributed by atoms with Crippen LogP contribution in [0.25, 0.3) is 0 Å². The maximum Gasteiger partial charge on any atom is 0.306 e. The average molecular weight is 212 g/mol. The third kappa shape index (κ3) is 3.26. The summed E-state index contributed by atoms with van der Waals surface area (Å²) in [6.07, 6.45) is 3.67. The van der Waals surface area contributed by atoms with E-state index in [9.17, 15) is 4.79 Å². The maximum absolute atomic E-state index is 10.8. The molecule has 0 radical (unpaired) electrons. The molecule has 0 saturated heterocycles. The Balaban J connectivity index is 2.39. The predicted octanol–water partition coefficient (Wildman–Crippen LogP) is 1.32. The van der Waals surface area contributed by atoms with Crippen LogP contribution < -0.4 is 5.73 Å². The Morgan fingerprint density at radius 3 is 3.14 bits per heavy atom. The number of hydrogen-bond acceptors (Lipinski definition) is 5. The Morgan fingerprint density at radius 1 is 1.71 bits per heavy atom. The zero-order chi connectivity index (χ0) is 10.4. The lowest BCUT2D eigenvalue weighted by Gasteiger charge is -2.03. The molecule has 0 fully saturated rings. The topological polar surface area (TPSA) is 65.2 Å². The molecule has 76 valence electrons. The van der Waals surface area contributed by atoms with E-state index >= 15 is 0 Å². The van der Waals surface area contributed by atoms with E-state index in [1.807, 2.05) is 6.07 Å². The van der Waals surface area contributed by atoms with Crippen molar-refractivity contribution in [1.82, 2.24) is 4.98 Å². The van der Waals surface area contributed by atoms with Crippen LogP contribution in [-0.4, -0.2) is 23.8 Å². The highest BCUT2D eigenvalue weighted by Gasteiger charge is 2.02. The largest absolute Gasteiger partial charge is 0.469 e. The first-order valence-electron chi connectivity index (χ1n) is 4.13. The zero-order valence-electron chi connectivity index (χ0n) is 7.90. The fourth-order valence-electron chi connectivity index (χ4n) is 0.872. The molecule has 2 N–H and O–H groups in total. The smallest absolute Gasteiger partial charge is 0.306 e. The molecule has 0 unspecified atom stereocenters. The van der Waals surface area contributed by atoms with Crippen LogP contribution in [0.2, 0.25) is 0 Å². The molecule has 1 rings (SSSR count). The summed E-state index contributed by atoms with van der Waals surface area (Å²) in [6, 6.07) is 1.83. The number of esters is 1. The first-order valence-corrected chi connectivity index (χ1v) is 5.11. The van der Waals surface area contributed by atoms with Crippen LogP contribution in [-0.2, 0) is 9.53 Å². The zero-order valence-corrected chi connectivity index (χ0v) is 8.71. The Bertz CT molecular complexity index is 317. The highest BCUT2D eigenvalue weighted by Crippen LogP contribution is 2.23. The molecule has 0 saturated carbocycles. The van der Waals surface area contributed by atoms with Gasteiger partial charge in [-0.1, -0.05) is 0 Å². The van der Waals surface area contributed by atoms with Crippen molar-refractivity contribution < 1.29 is 9.53 Å². The number of carbonyl (C=O) groups is 1. The van der Waals surface area contributed by atoms with Crippen LogP contribution in [0.4, 0.5) is 5.69 Å². The third-order valence-corrected chi connectivity index (χ3v) is 2.69. The van der Waals surface area contributed by atoms with Gasteiger partial charge in [0.25, 0.3) is 0 Å². The second-order valence-corrected chi connectivity index (χ2v) is 3.72. The molecule has 0 aliphatic carbocycles. The van der Waals surface area contributed by atoms with Crippen LogP contribution >= 0.6 is 11.8 Å². The van der Waals surface area contributed by atoms with Gasteiger partial charge in [-0.2, -0.15) is 0 Å². The van der Waals surface area contributed by atoms with Crippen molar-refractivity contribution in [2.24, 2.45) is 0 Å². The Labute approximate surface area is 86.8 Å². The molecule has 0 aliphatic rings. The number of nitrogens with two attached hydrogens (primary N) is 1. The van der Waals surface area contributed by atoms with Crippen LogP contribution in [0, 0.1) is 0 Å². The van der Waals surface area contributed by atoms with Crippen molar-refractivity contribution in [3.05, 3.63) is 18.5 Å². The van der Waals surface area contributed by atoms with Gasteiger partial charge >= 0.3 is 5.97 Å². The predicted molar refractivity (Wildman–Crippen MR) is 56.0 cm³/mol. The number of anilines is 1. The van der Waals surface area contributed by atoms with Gasteiger partial charge in [0.05, 0.1) is 25.4 Å². The summed E-state index contributed by atoms with van der Waals surface area (Å²) in [6.45, 7) is 0. The summed E-state index contributed by atoms with van der Waals surface area (Å²) >= 11 is 1.52. The molecule has 14 heavy (non-hydrogen) atoms. The summed E-state index contributed by atoms with van der Waals surface area (Å²) in [5.74, 6) is 0.464. The maximum atomic E-state index is 10.8. The van der Waals surface area contributed by atoms with E-state index in [2.05, 4.69) is 9.72 Å². The van der Waals surface area contributed by atoms with E-state index in [0.717, 1.165) is 4.90 Å². The minimum atomic E-state index is -0.204. The van der Waals surface area contributed by atoms with Crippen molar-refractivity contribution in [3.63, 3.8) is 0 Å². The first kappa shape index (κ1) is 10.8. The van der Waals surface area contributed by atoms with Gasteiger partial charge in [0.2, 0.25) is 0 Å². The highest BCUT2D eigenvalue weighted by atomic mass is 32.2. The quantitative estimate of drug-likeness (QED) is 0.602. The minimum absolute atomic E-state index is 0.204. The van der Waals surface area contributed by atoms with E-state index in [1.165, 1.54) is 18.9 Å². The molecule has 0 aliphatic heterocycles. The van der Waals surface area contributed by atoms with Gasteiger partial charge in [0.1, 0.15) is 0 Å². The Kier molecular flexibility index (Phi) is 4.25. The molecule has 0 atom stereocenters. The molecular formula is C9H12N2O2S. The monoisotopic (exact) mass is 212 g/mol. The summed E-state index contributed by atoms with van der Waals surface area (Å²) in [7, 11) is 1.38. The standard InChI is InChI=1S/C9H12N2O2S/c1-13-9(12)3-5-14-8-2-4-11-6-7(8)10/h2,4,6H,3,5,10H2,1H3. The lowest BCUT2D eigenvalue weighted by molar-refractivity contribution is -0.140. The fraction of sp³-hybridized carbons (Fsp3) is 0.333. The van der Waals surface area contributed by atoms with Crippen LogP contribution in [0.15, 0.2) is 23.4 Å². The summed E-state index contributed by atoms with van der Waals surface area (Å²) in [4.78, 5) is 15.6. The van der Waals surface area contributed by atoms with E-state index in [-0.39, 0.29) is 5.97 Å². The molecular weight excluding hydrogens is 200 g/mol. The van der Waals surface area contributed by atoms with E-state index in [1.54, 1.807) is 12.4 Å². The van der Waals surface area contributed by atoms with Gasteiger partial charge in [-0.3, -0.25) is 9.78 Å². The van der Waals surface area contributed by atoms with Crippen molar-refractivity contribution >= 4 is 23.4 Å². The minimum Gasteiger partial charge on any atom is -0.469 e. The normalized spacial score (nSPS) is 9.79. The molecule has 0 bridgehead atoms. The number of aromatic nitrogens is 1. The number of thioether (sulfide) groups is 1. The van der Waals surface area contributed by atoms with E-state index < -0.39 is 0 Å². The number of hydrogen-bond donors (Lipinski definition) is 1. The second kappa shape index (κ2) is 5.49. The number of nitrogen functional groups attached to an aromatic ring is 1. The van der Waals surface area contributed by atoms with Crippen molar-refractivity contribution in [2.45, 2.75) is 11.3 Å². The van der Waals surface area contributed by atoms with Gasteiger partial charge in [-0.05, 0) is 6.07 Å². The third-order valence-electron chi connectivity index (χ3n) is 1.60. The Morgan fingerprint density at radius 2 is 2.50 bits per heavy atom. The molecule has 0 aromatic carbocycles. The van der Waals surface area contributed by atoms with Gasteiger partial charge in [-0.25, -0.2) is 0 Å². The highest BCUT2D eigenvalue weighted by molar-refractivity contribution is 7.99. The van der Waals surface area contributed by atoms with Gasteiger partial charge in [0, 0.05) is 16.8 Å². The van der Waals surface area contributed by atoms with E-state index in [4.69, 9.17) is 5.73 Å². The van der Waals surface area contributed by atoms with Gasteiger partial charge in [-0.15, -0.1) is 11.8 Å². The molecule has 5 heteroatoms. The Hall–Kier alpha value is -1.23. The SMILES string of the molecule is COC(=O)CCSc1ccncc1N.